The van der Waals surface area contributed by atoms with Crippen molar-refractivity contribution >= 4 is 11.6 Å². The van der Waals surface area contributed by atoms with Gasteiger partial charge in [-0.15, -0.1) is 0 Å². The van der Waals surface area contributed by atoms with E-state index in [0.29, 0.717) is 12.4 Å². The van der Waals surface area contributed by atoms with Crippen molar-refractivity contribution in [3.05, 3.63) is 41.7 Å². The van der Waals surface area contributed by atoms with E-state index in [1.54, 1.807) is 6.07 Å². The van der Waals surface area contributed by atoms with Gasteiger partial charge in [0.05, 0.1) is 12.6 Å². The number of hydrogen-bond acceptors (Lipinski definition) is 5. The summed E-state index contributed by atoms with van der Waals surface area (Å²) in [7, 11) is 0. The van der Waals surface area contributed by atoms with Crippen LogP contribution in [-0.4, -0.2) is 16.6 Å². The van der Waals surface area contributed by atoms with Crippen molar-refractivity contribution in [1.29, 1.82) is 0 Å². The SMILES string of the molecule is CC(C)c1nc(N)cc(NC2CCOc3ccccc32)n1. The van der Waals surface area contributed by atoms with Gasteiger partial charge in [-0.3, -0.25) is 0 Å². The number of para-hydroxylation sites is 1. The fourth-order valence-corrected chi connectivity index (χ4v) is 2.49. The van der Waals surface area contributed by atoms with Gasteiger partial charge < -0.3 is 15.8 Å². The maximum Gasteiger partial charge on any atom is 0.135 e. The zero-order valence-corrected chi connectivity index (χ0v) is 12.3. The molecule has 0 radical (unpaired) electrons. The molecule has 0 bridgehead atoms. The van der Waals surface area contributed by atoms with Gasteiger partial charge in [0, 0.05) is 24.0 Å². The predicted molar refractivity (Wildman–Crippen MR) is 83.5 cm³/mol. The van der Waals surface area contributed by atoms with E-state index in [0.717, 1.165) is 29.4 Å². The quantitative estimate of drug-likeness (QED) is 0.906. The molecule has 1 aliphatic heterocycles. The molecular formula is C16H20N4O. The van der Waals surface area contributed by atoms with E-state index in [9.17, 15) is 0 Å². The van der Waals surface area contributed by atoms with Crippen molar-refractivity contribution in [1.82, 2.24) is 9.97 Å². The third-order valence-corrected chi connectivity index (χ3v) is 3.56. The van der Waals surface area contributed by atoms with Gasteiger partial charge in [0.1, 0.15) is 23.2 Å². The average molecular weight is 284 g/mol. The Hall–Kier alpha value is -2.30. The number of benzene rings is 1. The smallest absolute Gasteiger partial charge is 0.135 e. The lowest BCUT2D eigenvalue weighted by molar-refractivity contribution is 0.274. The molecule has 2 heterocycles. The van der Waals surface area contributed by atoms with Crippen LogP contribution in [0.25, 0.3) is 0 Å². The Balaban J connectivity index is 1.88. The highest BCUT2D eigenvalue weighted by Gasteiger charge is 2.21. The highest BCUT2D eigenvalue weighted by Crippen LogP contribution is 2.33. The number of rotatable bonds is 3. The molecule has 5 heteroatoms. The van der Waals surface area contributed by atoms with E-state index in [2.05, 4.69) is 35.2 Å². The highest BCUT2D eigenvalue weighted by atomic mass is 16.5. The Kier molecular flexibility index (Phi) is 3.64. The van der Waals surface area contributed by atoms with Crippen LogP contribution in [0.1, 0.15) is 43.6 Å². The Bertz CT molecular complexity index is 642. The number of ether oxygens (including phenoxy) is 1. The van der Waals surface area contributed by atoms with Crippen LogP contribution < -0.4 is 15.8 Å². The zero-order chi connectivity index (χ0) is 14.8. The minimum Gasteiger partial charge on any atom is -0.493 e. The fraction of sp³-hybridized carbons (Fsp3) is 0.375. The van der Waals surface area contributed by atoms with Gasteiger partial charge >= 0.3 is 0 Å². The summed E-state index contributed by atoms with van der Waals surface area (Å²) in [6.07, 6.45) is 0.901. The lowest BCUT2D eigenvalue weighted by atomic mass is 10.0. The van der Waals surface area contributed by atoms with Crippen LogP contribution in [-0.2, 0) is 0 Å². The summed E-state index contributed by atoms with van der Waals surface area (Å²) in [6.45, 7) is 4.82. The lowest BCUT2D eigenvalue weighted by Crippen LogP contribution is -2.21. The first-order valence-electron chi connectivity index (χ1n) is 7.26. The number of anilines is 2. The normalized spacial score (nSPS) is 17.2. The zero-order valence-electron chi connectivity index (χ0n) is 12.3. The molecule has 2 aromatic rings. The van der Waals surface area contributed by atoms with E-state index in [1.807, 2.05) is 18.2 Å². The molecule has 1 aromatic heterocycles. The first-order chi connectivity index (χ1) is 10.1. The van der Waals surface area contributed by atoms with Crippen LogP contribution >= 0.6 is 0 Å². The first-order valence-corrected chi connectivity index (χ1v) is 7.26. The maximum absolute atomic E-state index is 5.88. The number of nitrogen functional groups attached to an aromatic ring is 1. The van der Waals surface area contributed by atoms with Crippen molar-refractivity contribution in [2.75, 3.05) is 17.7 Å². The molecule has 3 rings (SSSR count). The largest absolute Gasteiger partial charge is 0.493 e. The van der Waals surface area contributed by atoms with Crippen molar-refractivity contribution in [2.24, 2.45) is 0 Å². The second-order valence-corrected chi connectivity index (χ2v) is 5.56. The van der Waals surface area contributed by atoms with Gasteiger partial charge in [-0.2, -0.15) is 0 Å². The highest BCUT2D eigenvalue weighted by molar-refractivity contribution is 5.49. The molecule has 0 aliphatic carbocycles. The van der Waals surface area contributed by atoms with Gasteiger partial charge in [-0.1, -0.05) is 32.0 Å². The van der Waals surface area contributed by atoms with Crippen molar-refractivity contribution in [3.8, 4) is 5.75 Å². The Morgan fingerprint density at radius 2 is 2.10 bits per heavy atom. The Morgan fingerprint density at radius 3 is 2.90 bits per heavy atom. The van der Waals surface area contributed by atoms with Crippen LogP contribution in [0, 0.1) is 0 Å². The van der Waals surface area contributed by atoms with E-state index in [1.165, 1.54) is 0 Å². The minimum atomic E-state index is 0.185. The number of aromatic nitrogens is 2. The maximum atomic E-state index is 5.88. The molecular weight excluding hydrogens is 264 g/mol. The van der Waals surface area contributed by atoms with Crippen LogP contribution in [0.4, 0.5) is 11.6 Å². The molecule has 1 atom stereocenters. The number of fused-ring (bicyclic) bond motifs is 1. The molecule has 0 saturated carbocycles. The summed E-state index contributed by atoms with van der Waals surface area (Å²) in [5.74, 6) is 3.21. The number of nitrogens with one attached hydrogen (secondary N) is 1. The molecule has 1 aromatic carbocycles. The molecule has 5 nitrogen and oxygen atoms in total. The topological polar surface area (TPSA) is 73.1 Å². The molecule has 1 aliphatic rings. The van der Waals surface area contributed by atoms with Crippen molar-refractivity contribution in [3.63, 3.8) is 0 Å². The summed E-state index contributed by atoms with van der Waals surface area (Å²) in [5, 5.41) is 3.46. The van der Waals surface area contributed by atoms with Gasteiger partial charge in [-0.25, -0.2) is 9.97 Å². The molecule has 0 amide bonds. The molecule has 3 N–H and O–H groups in total. The number of nitrogens with two attached hydrogens (primary N) is 1. The van der Waals surface area contributed by atoms with Crippen LogP contribution in [0.15, 0.2) is 30.3 Å². The molecule has 0 saturated heterocycles. The summed E-state index contributed by atoms with van der Waals surface area (Å²) in [4.78, 5) is 8.83. The fourth-order valence-electron chi connectivity index (χ4n) is 2.49. The predicted octanol–water partition coefficient (Wildman–Crippen LogP) is 3.12. The van der Waals surface area contributed by atoms with Crippen LogP contribution in [0.5, 0.6) is 5.75 Å². The van der Waals surface area contributed by atoms with E-state index in [4.69, 9.17) is 10.5 Å². The molecule has 21 heavy (non-hydrogen) atoms. The van der Waals surface area contributed by atoms with E-state index < -0.39 is 0 Å². The second kappa shape index (κ2) is 5.60. The minimum absolute atomic E-state index is 0.185. The van der Waals surface area contributed by atoms with Gasteiger partial charge in [0.15, 0.2) is 0 Å². The molecule has 1 unspecified atom stereocenters. The summed E-state index contributed by atoms with van der Waals surface area (Å²) in [6, 6.07) is 10.1. The average Bonchev–Trinajstić information content (AvgIpc) is 2.47. The summed E-state index contributed by atoms with van der Waals surface area (Å²) >= 11 is 0. The third-order valence-electron chi connectivity index (χ3n) is 3.56. The molecule has 0 fully saturated rings. The summed E-state index contributed by atoms with van der Waals surface area (Å²) < 4.78 is 5.68. The number of hydrogen-bond donors (Lipinski definition) is 2. The van der Waals surface area contributed by atoms with E-state index >= 15 is 0 Å². The Morgan fingerprint density at radius 1 is 1.29 bits per heavy atom. The lowest BCUT2D eigenvalue weighted by Gasteiger charge is -2.27. The van der Waals surface area contributed by atoms with Gasteiger partial charge in [0.2, 0.25) is 0 Å². The van der Waals surface area contributed by atoms with Gasteiger partial charge in [-0.05, 0) is 6.07 Å². The monoisotopic (exact) mass is 284 g/mol. The molecule has 110 valence electrons. The van der Waals surface area contributed by atoms with E-state index in [-0.39, 0.29) is 12.0 Å². The molecule has 0 spiro atoms. The van der Waals surface area contributed by atoms with Crippen LogP contribution in [0.2, 0.25) is 0 Å². The second-order valence-electron chi connectivity index (χ2n) is 5.56. The Labute approximate surface area is 124 Å². The van der Waals surface area contributed by atoms with Crippen molar-refractivity contribution < 1.29 is 4.74 Å². The number of nitrogens with zero attached hydrogens (tertiary/aromatic N) is 2. The van der Waals surface area contributed by atoms with Crippen LogP contribution in [0.3, 0.4) is 0 Å². The summed E-state index contributed by atoms with van der Waals surface area (Å²) in [5.41, 5.74) is 7.04. The van der Waals surface area contributed by atoms with Crippen molar-refractivity contribution in [2.45, 2.75) is 32.2 Å². The van der Waals surface area contributed by atoms with Gasteiger partial charge in [0.25, 0.3) is 0 Å². The standard InChI is InChI=1S/C16H20N4O/c1-10(2)16-19-14(17)9-15(20-16)18-12-7-8-21-13-6-4-3-5-11(12)13/h3-6,9-10,12H,7-8H2,1-2H3,(H3,17,18,19,20). The first kappa shape index (κ1) is 13.7. The third kappa shape index (κ3) is 2.91.